The Morgan fingerprint density at radius 1 is 1.36 bits per heavy atom. The number of ether oxygens (including phenoxy) is 2. The number of hydrogen-bond donors (Lipinski definition) is 1. The molecule has 0 radical (unpaired) electrons. The molecule has 0 unspecified atom stereocenters. The minimum Gasteiger partial charge on any atom is -0.486 e. The minimum atomic E-state index is -0.517. The molecule has 6 heteroatoms. The Balaban J connectivity index is 1.87. The molecular weight excluding hydrogens is 353 g/mol. The second-order valence-corrected chi connectivity index (χ2v) is 7.30. The Hall–Kier alpha value is -1.30. The highest BCUT2D eigenvalue weighted by Gasteiger charge is 2.29. The van der Waals surface area contributed by atoms with E-state index in [0.29, 0.717) is 10.9 Å². The van der Waals surface area contributed by atoms with Crippen molar-refractivity contribution in [2.45, 2.75) is 57.8 Å². The van der Waals surface area contributed by atoms with Crippen LogP contribution in [0.15, 0.2) is 22.7 Å². The molecule has 1 amide bonds. The second kappa shape index (κ2) is 6.86. The average molecular weight is 374 g/mol. The maximum absolute atomic E-state index is 13.8. The summed E-state index contributed by atoms with van der Waals surface area (Å²) >= 11 is 3.29. The van der Waals surface area contributed by atoms with Crippen LogP contribution in [0.4, 0.5) is 9.18 Å². The Morgan fingerprint density at radius 2 is 2.09 bits per heavy atom. The van der Waals surface area contributed by atoms with Crippen LogP contribution in [0.3, 0.4) is 0 Å². The van der Waals surface area contributed by atoms with Crippen LogP contribution in [0.25, 0.3) is 0 Å². The SMILES string of the molecule is CC(C)(C)OC(=O)N[C@H]1CC[C@@H](Oc2c(F)cccc2Br)C1. The predicted molar refractivity (Wildman–Crippen MR) is 85.5 cm³/mol. The smallest absolute Gasteiger partial charge is 0.407 e. The molecule has 0 saturated heterocycles. The summed E-state index contributed by atoms with van der Waals surface area (Å²) in [6.45, 7) is 5.47. The van der Waals surface area contributed by atoms with Gasteiger partial charge in [0.15, 0.2) is 11.6 Å². The van der Waals surface area contributed by atoms with Crippen LogP contribution in [0.2, 0.25) is 0 Å². The maximum Gasteiger partial charge on any atom is 0.407 e. The number of para-hydroxylation sites is 1. The van der Waals surface area contributed by atoms with Gasteiger partial charge < -0.3 is 14.8 Å². The monoisotopic (exact) mass is 373 g/mol. The predicted octanol–water partition coefficient (Wildman–Crippen LogP) is 4.41. The van der Waals surface area contributed by atoms with Crippen LogP contribution in [0.1, 0.15) is 40.0 Å². The molecule has 1 fully saturated rings. The van der Waals surface area contributed by atoms with E-state index in [-0.39, 0.29) is 17.9 Å². The Morgan fingerprint density at radius 3 is 2.73 bits per heavy atom. The first-order valence-corrected chi connectivity index (χ1v) is 8.14. The van der Waals surface area contributed by atoms with E-state index >= 15 is 0 Å². The number of benzene rings is 1. The highest BCUT2D eigenvalue weighted by Crippen LogP contribution is 2.32. The lowest BCUT2D eigenvalue weighted by molar-refractivity contribution is 0.0502. The number of amides is 1. The molecule has 0 bridgehead atoms. The van der Waals surface area contributed by atoms with Gasteiger partial charge in [-0.15, -0.1) is 0 Å². The van der Waals surface area contributed by atoms with Crippen LogP contribution < -0.4 is 10.1 Å². The fourth-order valence-electron chi connectivity index (χ4n) is 2.41. The maximum atomic E-state index is 13.8. The van der Waals surface area contributed by atoms with Gasteiger partial charge in [0.05, 0.1) is 4.47 Å². The molecule has 0 aliphatic heterocycles. The summed E-state index contributed by atoms with van der Waals surface area (Å²) in [5.41, 5.74) is -0.517. The molecule has 1 aromatic rings. The molecule has 4 nitrogen and oxygen atoms in total. The summed E-state index contributed by atoms with van der Waals surface area (Å²) in [5.74, 6) is -0.164. The number of hydrogen-bond acceptors (Lipinski definition) is 3. The first-order chi connectivity index (χ1) is 10.2. The minimum absolute atomic E-state index is 0.00889. The fraction of sp³-hybridized carbons (Fsp3) is 0.562. The molecular formula is C16H21BrFNO3. The van der Waals surface area contributed by atoms with Gasteiger partial charge in [-0.3, -0.25) is 0 Å². The van der Waals surface area contributed by atoms with Crippen molar-refractivity contribution in [3.8, 4) is 5.75 Å². The van der Waals surface area contributed by atoms with Crippen LogP contribution in [-0.4, -0.2) is 23.8 Å². The molecule has 1 aromatic carbocycles. The number of nitrogens with one attached hydrogen (secondary N) is 1. The molecule has 2 rings (SSSR count). The van der Waals surface area contributed by atoms with Crippen molar-refractivity contribution < 1.29 is 18.7 Å². The van der Waals surface area contributed by atoms with Gasteiger partial charge >= 0.3 is 6.09 Å². The van der Waals surface area contributed by atoms with Crippen LogP contribution in [-0.2, 0) is 4.74 Å². The standard InChI is InChI=1S/C16H21BrFNO3/c1-16(2,3)22-15(20)19-10-7-8-11(9-10)21-14-12(17)5-4-6-13(14)18/h4-6,10-11H,7-9H2,1-3H3,(H,19,20)/t10-,11+/m0/s1. The Kier molecular flexibility index (Phi) is 5.32. The molecule has 2 atom stereocenters. The van der Waals surface area contributed by atoms with Crippen molar-refractivity contribution in [1.82, 2.24) is 5.32 Å². The second-order valence-electron chi connectivity index (χ2n) is 6.45. The molecule has 1 saturated carbocycles. The van der Waals surface area contributed by atoms with E-state index in [0.717, 1.165) is 12.8 Å². The van der Waals surface area contributed by atoms with Crippen molar-refractivity contribution >= 4 is 22.0 Å². The first kappa shape index (κ1) is 17.1. The van der Waals surface area contributed by atoms with E-state index in [1.165, 1.54) is 6.07 Å². The number of carbonyl (C=O) groups excluding carboxylic acids is 1. The Labute approximate surface area is 138 Å². The molecule has 1 aliphatic carbocycles. The van der Waals surface area contributed by atoms with E-state index in [1.54, 1.807) is 12.1 Å². The van der Waals surface area contributed by atoms with Crippen molar-refractivity contribution in [2.24, 2.45) is 0 Å². The summed E-state index contributed by atoms with van der Waals surface area (Å²) in [6.07, 6.45) is 1.65. The summed E-state index contributed by atoms with van der Waals surface area (Å²) in [6, 6.07) is 4.72. The van der Waals surface area contributed by atoms with Crippen molar-refractivity contribution in [3.05, 3.63) is 28.5 Å². The quantitative estimate of drug-likeness (QED) is 0.853. The summed E-state index contributed by atoms with van der Waals surface area (Å²) in [4.78, 5) is 11.7. The average Bonchev–Trinajstić information content (AvgIpc) is 2.79. The lowest BCUT2D eigenvalue weighted by Gasteiger charge is -2.22. The van der Waals surface area contributed by atoms with Gasteiger partial charge in [0.1, 0.15) is 11.7 Å². The van der Waals surface area contributed by atoms with Gasteiger partial charge in [0.2, 0.25) is 0 Å². The van der Waals surface area contributed by atoms with Gasteiger partial charge in [-0.2, -0.15) is 0 Å². The normalized spacial score (nSPS) is 21.5. The van der Waals surface area contributed by atoms with Crippen molar-refractivity contribution in [1.29, 1.82) is 0 Å². The van der Waals surface area contributed by atoms with E-state index in [2.05, 4.69) is 21.2 Å². The van der Waals surface area contributed by atoms with Gasteiger partial charge in [-0.05, 0) is 61.7 Å². The highest BCUT2D eigenvalue weighted by molar-refractivity contribution is 9.10. The lowest BCUT2D eigenvalue weighted by atomic mass is 10.2. The molecule has 1 aliphatic rings. The number of carbonyl (C=O) groups is 1. The number of rotatable bonds is 3. The molecule has 1 N–H and O–H groups in total. The first-order valence-electron chi connectivity index (χ1n) is 7.35. The molecule has 0 heterocycles. The van der Waals surface area contributed by atoms with Crippen LogP contribution in [0, 0.1) is 5.82 Å². The number of halogens is 2. The topological polar surface area (TPSA) is 47.6 Å². The number of alkyl carbamates (subject to hydrolysis) is 1. The zero-order valence-electron chi connectivity index (χ0n) is 13.0. The van der Waals surface area contributed by atoms with E-state index in [4.69, 9.17) is 9.47 Å². The van der Waals surface area contributed by atoms with E-state index in [1.807, 2.05) is 20.8 Å². The van der Waals surface area contributed by atoms with Crippen molar-refractivity contribution in [3.63, 3.8) is 0 Å². The summed E-state index contributed by atoms with van der Waals surface area (Å²) in [7, 11) is 0. The zero-order chi connectivity index (χ0) is 16.3. The molecule has 0 aromatic heterocycles. The summed E-state index contributed by atoms with van der Waals surface area (Å²) in [5, 5.41) is 2.83. The van der Waals surface area contributed by atoms with Gasteiger partial charge in [0.25, 0.3) is 0 Å². The van der Waals surface area contributed by atoms with Gasteiger partial charge in [-0.1, -0.05) is 6.07 Å². The van der Waals surface area contributed by atoms with E-state index in [9.17, 15) is 9.18 Å². The fourth-order valence-corrected chi connectivity index (χ4v) is 2.85. The highest BCUT2D eigenvalue weighted by atomic mass is 79.9. The van der Waals surface area contributed by atoms with Crippen LogP contribution >= 0.6 is 15.9 Å². The third kappa shape index (κ3) is 4.87. The van der Waals surface area contributed by atoms with Crippen molar-refractivity contribution in [2.75, 3.05) is 0 Å². The molecule has 22 heavy (non-hydrogen) atoms. The van der Waals surface area contributed by atoms with Crippen LogP contribution in [0.5, 0.6) is 5.75 Å². The third-order valence-corrected chi connectivity index (χ3v) is 3.93. The lowest BCUT2D eigenvalue weighted by Crippen LogP contribution is -2.38. The largest absolute Gasteiger partial charge is 0.486 e. The summed E-state index contributed by atoms with van der Waals surface area (Å²) < 4.78 is 25.3. The molecule has 0 spiro atoms. The van der Waals surface area contributed by atoms with Gasteiger partial charge in [0, 0.05) is 12.5 Å². The van der Waals surface area contributed by atoms with Gasteiger partial charge in [-0.25, -0.2) is 9.18 Å². The Bertz CT molecular complexity index is 524. The third-order valence-electron chi connectivity index (χ3n) is 3.31. The zero-order valence-corrected chi connectivity index (χ0v) is 14.6. The van der Waals surface area contributed by atoms with E-state index < -0.39 is 17.5 Å². The molecule has 122 valence electrons.